The van der Waals surface area contributed by atoms with Crippen molar-refractivity contribution in [3.63, 3.8) is 0 Å². The van der Waals surface area contributed by atoms with Gasteiger partial charge in [0.05, 0.1) is 6.04 Å². The van der Waals surface area contributed by atoms with E-state index in [0.717, 1.165) is 32.0 Å². The zero-order chi connectivity index (χ0) is 12.4. The normalized spacial score (nSPS) is 12.2. The number of carbonyl (C=O) groups is 2. The molecule has 0 aliphatic rings. The maximum atomic E-state index is 11.4. The number of nitrogens with one attached hydrogen (secondary N) is 1. The third-order valence-corrected chi connectivity index (χ3v) is 2.52. The van der Waals surface area contributed by atoms with Crippen LogP contribution in [-0.4, -0.2) is 24.5 Å². The van der Waals surface area contributed by atoms with Crippen LogP contribution in [0, 0.1) is 0 Å². The van der Waals surface area contributed by atoms with Gasteiger partial charge in [0.1, 0.15) is 12.4 Å². The number of hydrogen-bond acceptors (Lipinski definition) is 3. The molecule has 0 fully saturated rings. The molecule has 16 heavy (non-hydrogen) atoms. The lowest BCUT2D eigenvalue weighted by Crippen LogP contribution is -2.38. The Balaban J connectivity index is 3.94. The highest BCUT2D eigenvalue weighted by atomic mass is 16.6. The molecule has 0 radical (unpaired) electrons. The van der Waals surface area contributed by atoms with Gasteiger partial charge >= 0.3 is 6.09 Å². The molecule has 0 heterocycles. The van der Waals surface area contributed by atoms with Crippen LogP contribution in [0.5, 0.6) is 0 Å². The molecule has 0 aromatic rings. The number of hydrogen-bond donors (Lipinski definition) is 1. The van der Waals surface area contributed by atoms with Gasteiger partial charge in [-0.3, -0.25) is 0 Å². The monoisotopic (exact) mass is 229 g/mol. The van der Waals surface area contributed by atoms with Crippen LogP contribution < -0.4 is 5.32 Å². The van der Waals surface area contributed by atoms with Crippen LogP contribution in [0.3, 0.4) is 0 Å². The predicted molar refractivity (Wildman–Crippen MR) is 63.4 cm³/mol. The molecule has 4 nitrogen and oxygen atoms in total. The molecule has 0 aliphatic heterocycles. The van der Waals surface area contributed by atoms with Gasteiger partial charge in [-0.15, -0.1) is 0 Å². The molecule has 4 heteroatoms. The van der Waals surface area contributed by atoms with E-state index in [1.807, 2.05) is 20.8 Å². The average Bonchev–Trinajstić information content (AvgIpc) is 2.31. The summed E-state index contributed by atoms with van der Waals surface area (Å²) in [5.41, 5.74) is 0. The molecule has 0 unspecified atom stereocenters. The maximum Gasteiger partial charge on any atom is 0.407 e. The summed E-state index contributed by atoms with van der Waals surface area (Å²) < 4.78 is 5.15. The maximum absolute atomic E-state index is 11.4. The summed E-state index contributed by atoms with van der Waals surface area (Å²) in [6.45, 7) is 5.98. The number of unbranched alkanes of at least 4 members (excludes halogenated alkanes) is 1. The van der Waals surface area contributed by atoms with Crippen LogP contribution in [0.25, 0.3) is 0 Å². The van der Waals surface area contributed by atoms with Crippen LogP contribution >= 0.6 is 0 Å². The minimum atomic E-state index is -0.484. The van der Waals surface area contributed by atoms with E-state index in [-0.39, 0.29) is 6.10 Å². The standard InChI is InChI=1S/C12H23NO3/c1-4-7-8-10(9-14)13-12(15)16-11(5-2)6-3/h9-11H,4-8H2,1-3H3,(H,13,15)/t10-/m0/s1. The van der Waals surface area contributed by atoms with Gasteiger partial charge in [-0.05, 0) is 19.3 Å². The lowest BCUT2D eigenvalue weighted by molar-refractivity contribution is -0.109. The zero-order valence-corrected chi connectivity index (χ0v) is 10.5. The number of aldehydes is 1. The third-order valence-electron chi connectivity index (χ3n) is 2.52. The van der Waals surface area contributed by atoms with E-state index >= 15 is 0 Å². The highest BCUT2D eigenvalue weighted by Crippen LogP contribution is 2.04. The summed E-state index contributed by atoms with van der Waals surface area (Å²) in [6.07, 6.45) is 4.43. The van der Waals surface area contributed by atoms with Crippen LogP contribution in [-0.2, 0) is 9.53 Å². The van der Waals surface area contributed by atoms with Crippen LogP contribution in [0.2, 0.25) is 0 Å². The second-order valence-electron chi connectivity index (χ2n) is 3.87. The largest absolute Gasteiger partial charge is 0.446 e. The van der Waals surface area contributed by atoms with E-state index in [1.165, 1.54) is 0 Å². The summed E-state index contributed by atoms with van der Waals surface area (Å²) in [6, 6.07) is -0.415. The Bertz CT molecular complexity index is 202. The summed E-state index contributed by atoms with van der Waals surface area (Å²) in [7, 11) is 0. The minimum absolute atomic E-state index is 0.0570. The van der Waals surface area contributed by atoms with Gasteiger partial charge in [0.2, 0.25) is 0 Å². The van der Waals surface area contributed by atoms with Crippen molar-refractivity contribution in [1.82, 2.24) is 5.32 Å². The van der Waals surface area contributed by atoms with Crippen molar-refractivity contribution in [3.05, 3.63) is 0 Å². The Kier molecular flexibility index (Phi) is 8.58. The Morgan fingerprint density at radius 3 is 2.38 bits per heavy atom. The molecule has 0 spiro atoms. The van der Waals surface area contributed by atoms with E-state index < -0.39 is 12.1 Å². The first-order valence-electron chi connectivity index (χ1n) is 6.10. The molecular formula is C12H23NO3. The second-order valence-corrected chi connectivity index (χ2v) is 3.87. The second kappa shape index (κ2) is 9.19. The quantitative estimate of drug-likeness (QED) is 0.651. The summed E-state index contributed by atoms with van der Waals surface area (Å²) >= 11 is 0. The van der Waals surface area contributed by atoms with E-state index in [2.05, 4.69) is 5.32 Å². The number of alkyl carbamates (subject to hydrolysis) is 1. The smallest absolute Gasteiger partial charge is 0.407 e. The van der Waals surface area contributed by atoms with Gasteiger partial charge in [-0.1, -0.05) is 33.6 Å². The first-order chi connectivity index (χ1) is 7.67. The predicted octanol–water partition coefficient (Wildman–Crippen LogP) is 2.66. The summed E-state index contributed by atoms with van der Waals surface area (Å²) in [4.78, 5) is 22.1. The molecule has 1 amide bonds. The van der Waals surface area contributed by atoms with Gasteiger partial charge < -0.3 is 14.8 Å². The molecule has 1 atom stereocenters. The fourth-order valence-corrected chi connectivity index (χ4v) is 1.39. The van der Waals surface area contributed by atoms with Gasteiger partial charge in [-0.2, -0.15) is 0 Å². The number of amides is 1. The van der Waals surface area contributed by atoms with Crippen LogP contribution in [0.1, 0.15) is 52.9 Å². The van der Waals surface area contributed by atoms with Gasteiger partial charge in [0.25, 0.3) is 0 Å². The van der Waals surface area contributed by atoms with E-state index in [4.69, 9.17) is 4.74 Å². The van der Waals surface area contributed by atoms with E-state index in [9.17, 15) is 9.59 Å². The summed E-state index contributed by atoms with van der Waals surface area (Å²) in [5.74, 6) is 0. The molecule has 1 N–H and O–H groups in total. The first kappa shape index (κ1) is 14.9. The number of rotatable bonds is 8. The molecule has 0 rings (SSSR count). The SMILES string of the molecule is CCCC[C@@H](C=O)NC(=O)OC(CC)CC. The van der Waals surface area contributed by atoms with Gasteiger partial charge in [0.15, 0.2) is 0 Å². The molecule has 0 aromatic heterocycles. The highest BCUT2D eigenvalue weighted by Gasteiger charge is 2.14. The van der Waals surface area contributed by atoms with Crippen molar-refractivity contribution in [2.24, 2.45) is 0 Å². The average molecular weight is 229 g/mol. The van der Waals surface area contributed by atoms with Gasteiger partial charge in [0, 0.05) is 0 Å². The topological polar surface area (TPSA) is 55.4 Å². The molecule has 94 valence electrons. The highest BCUT2D eigenvalue weighted by molar-refractivity contribution is 5.73. The Morgan fingerprint density at radius 1 is 1.31 bits per heavy atom. The Hall–Kier alpha value is -1.06. The lowest BCUT2D eigenvalue weighted by Gasteiger charge is -2.17. The van der Waals surface area contributed by atoms with Gasteiger partial charge in [-0.25, -0.2) is 4.79 Å². The van der Waals surface area contributed by atoms with Crippen molar-refractivity contribution in [2.45, 2.75) is 65.0 Å². The fraction of sp³-hybridized carbons (Fsp3) is 0.833. The lowest BCUT2D eigenvalue weighted by atomic mass is 10.1. The number of carbonyl (C=O) groups excluding carboxylic acids is 2. The minimum Gasteiger partial charge on any atom is -0.446 e. The fourth-order valence-electron chi connectivity index (χ4n) is 1.39. The van der Waals surface area contributed by atoms with Crippen molar-refractivity contribution in [3.8, 4) is 0 Å². The summed E-state index contributed by atoms with van der Waals surface area (Å²) in [5, 5.41) is 2.57. The first-order valence-corrected chi connectivity index (χ1v) is 6.10. The molecule has 0 aliphatic carbocycles. The third kappa shape index (κ3) is 6.43. The van der Waals surface area contributed by atoms with Crippen LogP contribution in [0.15, 0.2) is 0 Å². The van der Waals surface area contributed by atoms with Crippen molar-refractivity contribution in [2.75, 3.05) is 0 Å². The van der Waals surface area contributed by atoms with Crippen molar-refractivity contribution >= 4 is 12.4 Å². The van der Waals surface area contributed by atoms with E-state index in [1.54, 1.807) is 0 Å². The van der Waals surface area contributed by atoms with Crippen molar-refractivity contribution in [1.29, 1.82) is 0 Å². The van der Waals surface area contributed by atoms with Crippen LogP contribution in [0.4, 0.5) is 4.79 Å². The molecular weight excluding hydrogens is 206 g/mol. The molecule has 0 aromatic carbocycles. The number of ether oxygens (including phenoxy) is 1. The van der Waals surface area contributed by atoms with Crippen molar-refractivity contribution < 1.29 is 14.3 Å². The molecule has 0 bridgehead atoms. The Labute approximate surface area is 97.7 Å². The van der Waals surface area contributed by atoms with E-state index in [0.29, 0.717) is 6.42 Å². The molecule has 0 saturated carbocycles. The zero-order valence-electron chi connectivity index (χ0n) is 10.5. The Morgan fingerprint density at radius 2 is 1.94 bits per heavy atom. The molecule has 0 saturated heterocycles.